The third-order valence-electron chi connectivity index (χ3n) is 1.95. The lowest BCUT2D eigenvalue weighted by Crippen LogP contribution is -2.52. The first kappa shape index (κ1) is 6.02. The summed E-state index contributed by atoms with van der Waals surface area (Å²) in [6.45, 7) is 2.04. The van der Waals surface area contributed by atoms with Gasteiger partial charge in [0.2, 0.25) is 0 Å². The van der Waals surface area contributed by atoms with Gasteiger partial charge < -0.3 is 5.32 Å². The maximum absolute atomic E-state index is 12.2. The molecule has 0 aromatic rings. The van der Waals surface area contributed by atoms with Crippen LogP contribution in [0, 0.1) is 0 Å². The Bertz CT molecular complexity index is 86.5. The number of hydrogen-bond donors (Lipinski definition) is 1. The molecule has 8 heavy (non-hydrogen) atoms. The highest BCUT2D eigenvalue weighted by molar-refractivity contribution is 4.96. The van der Waals surface area contributed by atoms with Crippen LogP contribution in [0.1, 0.15) is 19.8 Å². The largest absolute Gasteiger partial charge is 0.314 e. The lowest BCUT2D eigenvalue weighted by molar-refractivity contribution is 0.0884. The van der Waals surface area contributed by atoms with Gasteiger partial charge in [0.25, 0.3) is 0 Å². The summed E-state index contributed by atoms with van der Waals surface area (Å²) in [7, 11) is 1.88. The van der Waals surface area contributed by atoms with Crippen molar-refractivity contribution in [2.24, 2.45) is 0 Å². The summed E-state index contributed by atoms with van der Waals surface area (Å²) in [6.07, 6.45) is 0.819. The summed E-state index contributed by atoms with van der Waals surface area (Å²) in [5.41, 5.74) is 0.111. The van der Waals surface area contributed by atoms with E-state index in [4.69, 9.17) is 0 Å². The standard InChI is InChI=1S/C6H12FN/c1-6(8-2)3-5(7)4-6/h5,8H,3-4H2,1-2H3/t5-,6-/i7-1. The Labute approximate surface area is 49.3 Å². The number of hydrogen-bond acceptors (Lipinski definition) is 1. The summed E-state index contributed by atoms with van der Waals surface area (Å²) in [6, 6.07) is 0. The first-order valence-corrected chi connectivity index (χ1v) is 2.99. The van der Waals surface area contributed by atoms with Gasteiger partial charge >= 0.3 is 0 Å². The fourth-order valence-electron chi connectivity index (χ4n) is 1.12. The molecule has 0 saturated heterocycles. The number of halogens is 1. The molecule has 0 bridgehead atoms. The first-order chi connectivity index (χ1) is 3.66. The lowest BCUT2D eigenvalue weighted by Gasteiger charge is -2.40. The Balaban J connectivity index is 2.30. The van der Waals surface area contributed by atoms with E-state index in [2.05, 4.69) is 5.32 Å². The van der Waals surface area contributed by atoms with Crippen molar-refractivity contribution in [2.75, 3.05) is 7.05 Å². The van der Waals surface area contributed by atoms with E-state index >= 15 is 0 Å². The predicted octanol–water partition coefficient (Wildman–Crippen LogP) is 1.10. The van der Waals surface area contributed by atoms with Gasteiger partial charge in [-0.15, -0.1) is 0 Å². The fraction of sp³-hybridized carbons (Fsp3) is 1.00. The Kier molecular flexibility index (Phi) is 1.27. The second kappa shape index (κ2) is 1.69. The second-order valence-corrected chi connectivity index (χ2v) is 2.82. The minimum absolute atomic E-state index is 0.111. The van der Waals surface area contributed by atoms with Crippen LogP contribution in [0.25, 0.3) is 0 Å². The molecule has 0 heterocycles. The molecule has 0 aromatic heterocycles. The van der Waals surface area contributed by atoms with Crippen LogP contribution in [0.15, 0.2) is 0 Å². The van der Waals surface area contributed by atoms with Crippen molar-refractivity contribution in [1.82, 2.24) is 5.32 Å². The minimum Gasteiger partial charge on any atom is -0.314 e. The van der Waals surface area contributed by atoms with Gasteiger partial charge in [0.15, 0.2) is 0 Å². The van der Waals surface area contributed by atoms with Crippen molar-refractivity contribution in [3.05, 3.63) is 0 Å². The summed E-state index contributed by atoms with van der Waals surface area (Å²) in [5.74, 6) is 0. The number of rotatable bonds is 1. The van der Waals surface area contributed by atoms with Crippen molar-refractivity contribution >= 4 is 0 Å². The number of alkyl halides is 1. The third-order valence-corrected chi connectivity index (χ3v) is 1.95. The van der Waals surface area contributed by atoms with Gasteiger partial charge in [0.1, 0.15) is 6.17 Å². The third kappa shape index (κ3) is 0.848. The van der Waals surface area contributed by atoms with E-state index in [1.807, 2.05) is 14.0 Å². The average Bonchev–Trinajstić information content (AvgIpc) is 1.63. The van der Waals surface area contributed by atoms with E-state index in [9.17, 15) is 4.39 Å². The second-order valence-electron chi connectivity index (χ2n) is 2.82. The average molecular weight is 116 g/mol. The molecule has 48 valence electrons. The predicted molar refractivity (Wildman–Crippen MR) is 31.6 cm³/mol. The lowest BCUT2D eigenvalue weighted by atomic mass is 9.77. The van der Waals surface area contributed by atoms with Gasteiger partial charge in [-0.2, -0.15) is 0 Å². The van der Waals surface area contributed by atoms with Gasteiger partial charge in [-0.25, -0.2) is 4.39 Å². The highest BCUT2D eigenvalue weighted by atomic mass is 18.2. The molecule has 1 rings (SSSR count). The van der Waals surface area contributed by atoms with Crippen LogP contribution in [0.4, 0.5) is 4.39 Å². The van der Waals surface area contributed by atoms with Gasteiger partial charge in [0, 0.05) is 5.54 Å². The van der Waals surface area contributed by atoms with E-state index in [1.165, 1.54) is 0 Å². The topological polar surface area (TPSA) is 12.0 Å². The van der Waals surface area contributed by atoms with E-state index in [1.54, 1.807) is 0 Å². The zero-order chi connectivity index (χ0) is 6.20. The minimum atomic E-state index is -0.549. The van der Waals surface area contributed by atoms with E-state index in [0.717, 1.165) is 0 Å². The molecular weight excluding hydrogens is 104 g/mol. The Morgan fingerprint density at radius 2 is 2.12 bits per heavy atom. The van der Waals surface area contributed by atoms with Gasteiger partial charge in [-0.05, 0) is 26.8 Å². The van der Waals surface area contributed by atoms with Crippen molar-refractivity contribution < 1.29 is 4.39 Å². The van der Waals surface area contributed by atoms with Crippen molar-refractivity contribution in [2.45, 2.75) is 31.5 Å². The van der Waals surface area contributed by atoms with Crippen LogP contribution in [0.2, 0.25) is 0 Å². The van der Waals surface area contributed by atoms with Gasteiger partial charge in [-0.3, -0.25) is 0 Å². The van der Waals surface area contributed by atoms with Crippen LogP contribution in [-0.2, 0) is 0 Å². The molecular formula is C6H12FN. The number of nitrogens with one attached hydrogen (secondary N) is 1. The molecule has 0 unspecified atom stereocenters. The summed E-state index contributed by atoms with van der Waals surface area (Å²) in [5, 5.41) is 3.07. The summed E-state index contributed by atoms with van der Waals surface area (Å²) < 4.78 is 12.2. The fourth-order valence-corrected chi connectivity index (χ4v) is 1.12. The van der Waals surface area contributed by atoms with Crippen LogP contribution >= 0.6 is 0 Å². The highest BCUT2D eigenvalue weighted by Crippen LogP contribution is 2.33. The van der Waals surface area contributed by atoms with E-state index in [-0.39, 0.29) is 5.54 Å². The van der Waals surface area contributed by atoms with E-state index in [0.29, 0.717) is 12.8 Å². The van der Waals surface area contributed by atoms with E-state index < -0.39 is 6.17 Å². The molecule has 1 aliphatic carbocycles. The molecule has 1 saturated carbocycles. The van der Waals surface area contributed by atoms with Crippen LogP contribution < -0.4 is 5.32 Å². The molecule has 1 fully saturated rings. The van der Waals surface area contributed by atoms with Crippen LogP contribution in [-0.4, -0.2) is 18.8 Å². The van der Waals surface area contributed by atoms with Crippen molar-refractivity contribution in [1.29, 1.82) is 0 Å². The van der Waals surface area contributed by atoms with Crippen LogP contribution in [0.5, 0.6) is 0 Å². The molecule has 0 amide bonds. The normalized spacial score (nSPS) is 46.1. The molecule has 0 atom stereocenters. The molecule has 2 heteroatoms. The van der Waals surface area contributed by atoms with Gasteiger partial charge in [-0.1, -0.05) is 0 Å². The summed E-state index contributed by atoms with van der Waals surface area (Å²) in [4.78, 5) is 0. The highest BCUT2D eigenvalue weighted by Gasteiger charge is 2.38. The maximum atomic E-state index is 12.2. The van der Waals surface area contributed by atoms with Crippen molar-refractivity contribution in [3.63, 3.8) is 0 Å². The molecule has 1 nitrogen and oxygen atoms in total. The Hall–Kier alpha value is -0.110. The molecule has 1 N–H and O–H groups in total. The van der Waals surface area contributed by atoms with Crippen molar-refractivity contribution in [3.8, 4) is 0 Å². The first-order valence-electron chi connectivity index (χ1n) is 2.99. The zero-order valence-electron chi connectivity index (χ0n) is 5.37. The van der Waals surface area contributed by atoms with Gasteiger partial charge in [0.05, 0.1) is 0 Å². The smallest absolute Gasteiger partial charge is 0.104 e. The monoisotopic (exact) mass is 116 g/mol. The molecule has 0 aliphatic heterocycles. The summed E-state index contributed by atoms with van der Waals surface area (Å²) >= 11 is 0. The Morgan fingerprint density at radius 1 is 1.62 bits per heavy atom. The van der Waals surface area contributed by atoms with Crippen LogP contribution in [0.3, 0.4) is 0 Å². The molecule has 0 spiro atoms. The Morgan fingerprint density at radius 3 is 2.25 bits per heavy atom. The quantitative estimate of drug-likeness (QED) is 0.541. The molecule has 0 aromatic carbocycles. The maximum Gasteiger partial charge on any atom is 0.104 e. The molecule has 0 radical (unpaired) electrons. The molecule has 1 aliphatic rings. The SMILES string of the molecule is CN[C@]1(C)C[C@@H]([18F])C1. The zero-order valence-corrected chi connectivity index (χ0v) is 5.37.